The first-order valence-corrected chi connectivity index (χ1v) is 16.9. The summed E-state index contributed by atoms with van der Waals surface area (Å²) in [5, 5.41) is 89.7. The number of para-hydroxylation sites is 1. The van der Waals surface area contributed by atoms with Crippen LogP contribution >= 0.6 is 0 Å². The smallest absolute Gasteiger partial charge is 0.255 e. The fraction of sp³-hybridized carbons (Fsp3) is 0.472. The predicted octanol–water partition coefficient (Wildman–Crippen LogP) is -1.02. The van der Waals surface area contributed by atoms with Gasteiger partial charge in [0.15, 0.2) is 11.4 Å². The molecule has 2 aromatic carbocycles. The number of carbonyl (C=O) groups excluding carboxylic acids is 3. The fourth-order valence-electron chi connectivity index (χ4n) is 8.08. The summed E-state index contributed by atoms with van der Waals surface area (Å²) in [6, 6.07) is 7.09. The number of Topliss-reactive ketones (excluding diaryl/α,β-unsaturated/α-hetero) is 2. The number of aliphatic hydroxyl groups is 7. The molecule has 2 aromatic rings. The van der Waals surface area contributed by atoms with Crippen molar-refractivity contribution in [3.05, 3.63) is 69.7 Å². The number of benzene rings is 2. The topological polar surface area (TPSA) is 276 Å². The molecule has 9 atom stereocenters. The molecule has 1 fully saturated rings. The number of aromatic hydroxyl groups is 1. The molecule has 3 aliphatic carbocycles. The summed E-state index contributed by atoms with van der Waals surface area (Å²) in [4.78, 5) is 43.5. The Morgan fingerprint density at radius 1 is 1.06 bits per heavy atom. The zero-order valence-electron chi connectivity index (χ0n) is 29.4. The molecule has 17 nitrogen and oxygen atoms in total. The van der Waals surface area contributed by atoms with E-state index in [9.17, 15) is 55.2 Å². The van der Waals surface area contributed by atoms with Crippen molar-refractivity contribution >= 4 is 28.8 Å². The lowest BCUT2D eigenvalue weighted by atomic mass is 9.58. The highest BCUT2D eigenvalue weighted by Crippen LogP contribution is 2.54. The third-order valence-electron chi connectivity index (χ3n) is 10.7. The molecule has 17 heteroatoms. The van der Waals surface area contributed by atoms with E-state index in [1.54, 1.807) is 63.4 Å². The number of carbonyl (C=O) groups is 3. The maximum absolute atomic E-state index is 14.4. The Morgan fingerprint density at radius 3 is 2.36 bits per heavy atom. The second-order valence-electron chi connectivity index (χ2n) is 14.3. The van der Waals surface area contributed by atoms with Gasteiger partial charge in [0, 0.05) is 43.4 Å². The third kappa shape index (κ3) is 5.97. The lowest BCUT2D eigenvalue weighted by Crippen LogP contribution is -2.63. The molecule has 286 valence electrons. The third-order valence-corrected chi connectivity index (χ3v) is 10.7. The number of likely N-dealkylation sites (N-methyl/N-ethyl adjacent to an activating group) is 1. The van der Waals surface area contributed by atoms with Gasteiger partial charge in [0.25, 0.3) is 5.91 Å². The summed E-state index contributed by atoms with van der Waals surface area (Å²) in [6.07, 6.45) is -7.48. The Hall–Kier alpha value is -4.75. The largest absolute Gasteiger partial charge is 0.510 e. The average molecular weight is 741 g/mol. The number of ketones is 2. The number of aliphatic hydroxyl groups excluding tert-OH is 6. The van der Waals surface area contributed by atoms with E-state index in [2.05, 4.69) is 5.32 Å². The van der Waals surface area contributed by atoms with E-state index >= 15 is 0 Å². The standard InChI is InChI=1S/C36H44N4O13/c1-39(2)19-11-18(38-12-14-7-5-6-8-20(14)52-35-31(47)30(46)27(43)21(13-41)53-35)26(42)23-16(19)9-15-10-17-25(40(3)4)29(45)24(34(37)50)33(49)36(17,51)32(48)22(15)28(23)44/h5-8,11,15,17,21,25,27,30-31,35,38,41-43,45-48,51H,9-10,12-13H2,1-4H3,(H2,37,50)/t15-,17-,21+,25-,27+,30+,31+,35+,36-/m0/s1. The van der Waals surface area contributed by atoms with Crippen molar-refractivity contribution in [2.24, 2.45) is 17.6 Å². The van der Waals surface area contributed by atoms with Crippen LogP contribution in [-0.2, 0) is 27.3 Å². The van der Waals surface area contributed by atoms with Crippen molar-refractivity contribution in [2.45, 2.75) is 61.7 Å². The first-order valence-electron chi connectivity index (χ1n) is 16.9. The van der Waals surface area contributed by atoms with E-state index in [0.29, 0.717) is 16.8 Å². The molecule has 0 aromatic heterocycles. The van der Waals surface area contributed by atoms with Crippen molar-refractivity contribution in [3.8, 4) is 11.5 Å². The van der Waals surface area contributed by atoms with Crippen molar-refractivity contribution in [3.63, 3.8) is 0 Å². The van der Waals surface area contributed by atoms with E-state index < -0.39 is 101 Å². The maximum Gasteiger partial charge on any atom is 0.255 e. The minimum Gasteiger partial charge on any atom is -0.510 e. The van der Waals surface area contributed by atoms with E-state index in [1.165, 1.54) is 4.90 Å². The predicted molar refractivity (Wildman–Crippen MR) is 186 cm³/mol. The van der Waals surface area contributed by atoms with Gasteiger partial charge in [-0.25, -0.2) is 0 Å². The van der Waals surface area contributed by atoms with Gasteiger partial charge in [0.05, 0.1) is 23.9 Å². The molecule has 0 saturated carbocycles. The molecular weight excluding hydrogens is 696 g/mol. The molecule has 1 aliphatic heterocycles. The number of nitrogens with zero attached hydrogens (tertiary/aromatic N) is 2. The molecule has 6 rings (SSSR count). The van der Waals surface area contributed by atoms with Crippen LogP contribution < -0.4 is 20.7 Å². The summed E-state index contributed by atoms with van der Waals surface area (Å²) in [6.45, 7) is -0.666. The van der Waals surface area contributed by atoms with Gasteiger partial charge in [-0.1, -0.05) is 18.2 Å². The molecule has 11 N–H and O–H groups in total. The highest BCUT2D eigenvalue weighted by Gasteiger charge is 2.63. The Kier molecular flexibility index (Phi) is 9.97. The van der Waals surface area contributed by atoms with Crippen LogP contribution in [0.15, 0.2) is 53.0 Å². The van der Waals surface area contributed by atoms with Gasteiger partial charge in [-0.05, 0) is 50.6 Å². The highest BCUT2D eigenvalue weighted by molar-refractivity contribution is 6.25. The Labute approximate surface area is 303 Å². The van der Waals surface area contributed by atoms with Crippen molar-refractivity contribution in [1.29, 1.82) is 0 Å². The number of allylic oxidation sites excluding steroid dienone is 1. The van der Waals surface area contributed by atoms with E-state index in [1.807, 2.05) is 0 Å². The first kappa shape index (κ1) is 38.0. The second kappa shape index (κ2) is 13.9. The van der Waals surface area contributed by atoms with Crippen LogP contribution in [0.3, 0.4) is 0 Å². The van der Waals surface area contributed by atoms with Gasteiger partial charge < -0.3 is 66.3 Å². The number of amides is 1. The van der Waals surface area contributed by atoms with Gasteiger partial charge in [-0.15, -0.1) is 0 Å². The second-order valence-corrected chi connectivity index (χ2v) is 14.3. The molecule has 1 amide bonds. The monoisotopic (exact) mass is 740 g/mol. The van der Waals surface area contributed by atoms with Gasteiger partial charge in [0.2, 0.25) is 12.1 Å². The zero-order valence-corrected chi connectivity index (χ0v) is 29.4. The molecule has 0 bridgehead atoms. The molecular formula is C36H44N4O13. The Bertz CT molecular complexity index is 1910. The van der Waals surface area contributed by atoms with Crippen LogP contribution in [0.5, 0.6) is 11.5 Å². The van der Waals surface area contributed by atoms with Gasteiger partial charge in [-0.3, -0.25) is 19.3 Å². The SMILES string of the molecule is CN(C)c1cc(NCc2ccccc2O[C@@H]2O[C@H](CO)[C@@H](O)[C@@H](O)[C@H]2O)c(O)c2c1C[C@H]1C[C@H]3[C@H](N(C)C)C(O)=C(C(N)=O)C(=O)[C@@]3(O)C(O)=C1C2=O. The summed E-state index contributed by atoms with van der Waals surface area (Å²) < 4.78 is 11.4. The number of phenolic OH excluding ortho intramolecular Hbond substituents is 1. The fourth-order valence-corrected chi connectivity index (χ4v) is 8.08. The van der Waals surface area contributed by atoms with E-state index in [0.717, 1.165) is 0 Å². The number of nitrogens with one attached hydrogen (secondary N) is 1. The number of primary amides is 1. The lowest BCUT2D eigenvalue weighted by molar-refractivity contribution is -0.277. The number of hydrogen-bond acceptors (Lipinski definition) is 16. The molecule has 0 radical (unpaired) electrons. The summed E-state index contributed by atoms with van der Waals surface area (Å²) in [5.41, 5.74) is 2.86. The van der Waals surface area contributed by atoms with Crippen LogP contribution in [0.25, 0.3) is 0 Å². The minimum absolute atomic E-state index is 0.0227. The van der Waals surface area contributed by atoms with Crippen LogP contribution in [0.1, 0.15) is 27.9 Å². The van der Waals surface area contributed by atoms with Crippen molar-refractivity contribution < 1.29 is 64.7 Å². The van der Waals surface area contributed by atoms with Crippen molar-refractivity contribution in [2.75, 3.05) is 45.0 Å². The molecule has 1 heterocycles. The zero-order chi connectivity index (χ0) is 38.8. The molecule has 1 saturated heterocycles. The normalized spacial score (nSPS) is 31.2. The first-order chi connectivity index (χ1) is 24.9. The van der Waals surface area contributed by atoms with Crippen LogP contribution in [0, 0.1) is 11.8 Å². The number of anilines is 2. The minimum atomic E-state index is -2.77. The van der Waals surface area contributed by atoms with Crippen LogP contribution in [0.4, 0.5) is 11.4 Å². The Balaban J connectivity index is 1.36. The van der Waals surface area contributed by atoms with E-state index in [4.69, 9.17) is 15.2 Å². The Morgan fingerprint density at radius 2 is 1.74 bits per heavy atom. The average Bonchev–Trinajstić information content (AvgIpc) is 3.09. The number of fused-ring (bicyclic) bond motifs is 3. The molecule has 53 heavy (non-hydrogen) atoms. The molecule has 4 aliphatic rings. The van der Waals surface area contributed by atoms with Gasteiger partial charge >= 0.3 is 0 Å². The van der Waals surface area contributed by atoms with Crippen LogP contribution in [0.2, 0.25) is 0 Å². The summed E-state index contributed by atoms with van der Waals surface area (Å²) in [7, 11) is 6.60. The quantitative estimate of drug-likeness (QED) is 0.109. The summed E-state index contributed by atoms with van der Waals surface area (Å²) >= 11 is 0. The number of ether oxygens (including phenoxy) is 2. The summed E-state index contributed by atoms with van der Waals surface area (Å²) in [5.74, 6) is -7.29. The maximum atomic E-state index is 14.4. The lowest BCUT2D eigenvalue weighted by Gasteiger charge is -2.50. The van der Waals surface area contributed by atoms with Gasteiger partial charge in [0.1, 0.15) is 53.0 Å². The molecule has 0 spiro atoms. The molecule has 0 unspecified atom stereocenters. The van der Waals surface area contributed by atoms with Crippen molar-refractivity contribution in [1.82, 2.24) is 4.90 Å². The number of rotatable bonds is 9. The number of hydrogen-bond donors (Lipinski definition) is 10. The number of phenols is 1. The number of nitrogens with two attached hydrogens (primary N) is 1. The van der Waals surface area contributed by atoms with E-state index in [-0.39, 0.29) is 42.0 Å². The van der Waals surface area contributed by atoms with Crippen LogP contribution in [-0.4, -0.2) is 140 Å². The highest BCUT2D eigenvalue weighted by atomic mass is 16.7. The van der Waals surface area contributed by atoms with Gasteiger partial charge in [-0.2, -0.15) is 0 Å².